The van der Waals surface area contributed by atoms with Crippen LogP contribution in [0.5, 0.6) is 0 Å². The largest absolute Gasteiger partial charge is 0.365 e. The fourth-order valence-electron chi connectivity index (χ4n) is 0.702. The molecule has 2 aromatic heterocycles. The highest BCUT2D eigenvalue weighted by Gasteiger charge is 2.12. The van der Waals surface area contributed by atoms with Crippen molar-refractivity contribution >= 4 is 33.2 Å². The van der Waals surface area contributed by atoms with Crippen molar-refractivity contribution in [3.8, 4) is 11.6 Å². The van der Waals surface area contributed by atoms with E-state index in [1.165, 1.54) is 11.3 Å². The number of halogens is 1. The molecule has 12 heavy (non-hydrogen) atoms. The molecule has 0 fully saturated rings. The fraction of sp³-hybridized carbons (Fsp3) is 0. The van der Waals surface area contributed by atoms with Gasteiger partial charge in [0.1, 0.15) is 3.79 Å². The van der Waals surface area contributed by atoms with E-state index < -0.39 is 0 Å². The predicted octanol–water partition coefficient (Wildman–Crippen LogP) is 1.54. The maximum absolute atomic E-state index is 5.28. The van der Waals surface area contributed by atoms with E-state index in [2.05, 4.69) is 31.1 Å². The second-order valence-electron chi connectivity index (χ2n) is 1.93. The van der Waals surface area contributed by atoms with Crippen molar-refractivity contribution in [3.05, 3.63) is 9.30 Å². The van der Waals surface area contributed by atoms with Crippen LogP contribution in [0, 0.1) is 0 Å². The summed E-state index contributed by atoms with van der Waals surface area (Å²) in [5.74, 6) is 0.450. The first-order valence-corrected chi connectivity index (χ1v) is 4.63. The van der Waals surface area contributed by atoms with E-state index in [1.807, 2.05) is 0 Å². The van der Waals surface area contributed by atoms with Crippen LogP contribution in [0.3, 0.4) is 0 Å². The van der Waals surface area contributed by atoms with Gasteiger partial charge in [-0.1, -0.05) is 0 Å². The molecule has 0 spiro atoms. The molecule has 2 heterocycles. The molecule has 2 rings (SSSR count). The summed E-state index contributed by atoms with van der Waals surface area (Å²) < 4.78 is 5.67. The third-order valence-corrected chi connectivity index (χ3v) is 2.72. The van der Waals surface area contributed by atoms with Crippen LogP contribution >= 0.6 is 27.3 Å². The average molecular weight is 247 g/mol. The number of nitrogens with two attached hydrogens (primary N) is 1. The van der Waals surface area contributed by atoms with Crippen LogP contribution in [0.15, 0.2) is 13.8 Å². The molecule has 2 aromatic rings. The molecule has 62 valence electrons. The monoisotopic (exact) mass is 246 g/mol. The van der Waals surface area contributed by atoms with Crippen molar-refractivity contribution in [2.75, 3.05) is 5.73 Å². The summed E-state index contributed by atoms with van der Waals surface area (Å²) in [6.45, 7) is 0. The van der Waals surface area contributed by atoms with Crippen molar-refractivity contribution in [1.82, 2.24) is 15.1 Å². The molecule has 5 nitrogen and oxygen atoms in total. The number of hydrogen-bond donors (Lipinski definition) is 1. The van der Waals surface area contributed by atoms with Gasteiger partial charge in [0.2, 0.25) is 0 Å². The minimum atomic E-state index is 0.116. The summed E-state index contributed by atoms with van der Waals surface area (Å²) in [4.78, 5) is 7.85. The van der Waals surface area contributed by atoms with Gasteiger partial charge in [-0.15, -0.1) is 11.3 Å². The van der Waals surface area contributed by atoms with Gasteiger partial charge in [0.25, 0.3) is 11.8 Å². The number of thiazole rings is 1. The summed E-state index contributed by atoms with van der Waals surface area (Å²) in [6, 6.07) is 0. The van der Waals surface area contributed by atoms with E-state index in [0.29, 0.717) is 11.6 Å². The van der Waals surface area contributed by atoms with Gasteiger partial charge in [-0.3, -0.25) is 0 Å². The molecule has 0 aliphatic rings. The van der Waals surface area contributed by atoms with Gasteiger partial charge >= 0.3 is 0 Å². The Balaban J connectivity index is 2.50. The number of rotatable bonds is 1. The van der Waals surface area contributed by atoms with Gasteiger partial charge < -0.3 is 10.3 Å². The smallest absolute Gasteiger partial charge is 0.280 e. The number of anilines is 1. The minimum Gasteiger partial charge on any atom is -0.365 e. The minimum absolute atomic E-state index is 0.116. The molecule has 0 bridgehead atoms. The molecule has 0 aliphatic heterocycles. The van der Waals surface area contributed by atoms with Crippen molar-refractivity contribution < 1.29 is 4.52 Å². The number of aromatic nitrogens is 3. The zero-order chi connectivity index (χ0) is 8.55. The van der Waals surface area contributed by atoms with Gasteiger partial charge in [-0.05, 0) is 21.1 Å². The lowest BCUT2D eigenvalue weighted by atomic mass is 10.5. The summed E-state index contributed by atoms with van der Waals surface area (Å²) in [7, 11) is 0. The summed E-state index contributed by atoms with van der Waals surface area (Å²) in [6.07, 6.45) is 0. The van der Waals surface area contributed by atoms with Gasteiger partial charge in [0.05, 0.1) is 5.51 Å². The Hall–Kier alpha value is -0.950. The van der Waals surface area contributed by atoms with Crippen LogP contribution in [0.1, 0.15) is 0 Å². The molecule has 0 radical (unpaired) electrons. The third-order valence-electron chi connectivity index (χ3n) is 1.17. The Morgan fingerprint density at radius 3 is 2.92 bits per heavy atom. The molecule has 0 saturated heterocycles. The highest BCUT2D eigenvalue weighted by Crippen LogP contribution is 2.28. The molecule has 0 atom stereocenters. The van der Waals surface area contributed by atoms with E-state index in [9.17, 15) is 0 Å². The van der Waals surface area contributed by atoms with Gasteiger partial charge in [-0.25, -0.2) is 4.98 Å². The van der Waals surface area contributed by atoms with Crippen molar-refractivity contribution in [2.24, 2.45) is 0 Å². The third kappa shape index (κ3) is 1.21. The number of hydrogen-bond acceptors (Lipinski definition) is 6. The van der Waals surface area contributed by atoms with Crippen LogP contribution in [-0.2, 0) is 0 Å². The van der Waals surface area contributed by atoms with Crippen LogP contribution in [0.2, 0.25) is 0 Å². The van der Waals surface area contributed by atoms with Crippen LogP contribution in [-0.4, -0.2) is 15.1 Å². The van der Waals surface area contributed by atoms with Crippen LogP contribution in [0.25, 0.3) is 11.6 Å². The highest BCUT2D eigenvalue weighted by molar-refractivity contribution is 9.11. The topological polar surface area (TPSA) is 77.8 Å². The molecular weight excluding hydrogens is 244 g/mol. The quantitative estimate of drug-likeness (QED) is 0.826. The number of nitrogen functional groups attached to an aromatic ring is 1. The van der Waals surface area contributed by atoms with E-state index in [4.69, 9.17) is 10.3 Å². The van der Waals surface area contributed by atoms with Gasteiger partial charge in [-0.2, -0.15) is 4.98 Å². The van der Waals surface area contributed by atoms with Crippen molar-refractivity contribution in [2.45, 2.75) is 0 Å². The van der Waals surface area contributed by atoms with Crippen molar-refractivity contribution in [1.29, 1.82) is 0 Å². The van der Waals surface area contributed by atoms with E-state index >= 15 is 0 Å². The fourth-order valence-corrected chi connectivity index (χ4v) is 1.73. The SMILES string of the molecule is Nc1noc(-c2ncsc2Br)n1. The Morgan fingerprint density at radius 2 is 2.42 bits per heavy atom. The summed E-state index contributed by atoms with van der Waals surface area (Å²) in [5.41, 5.74) is 7.59. The first kappa shape index (κ1) is 7.69. The Bertz CT molecular complexity index is 398. The molecule has 0 saturated carbocycles. The predicted molar refractivity (Wildman–Crippen MR) is 47.5 cm³/mol. The van der Waals surface area contributed by atoms with Crippen molar-refractivity contribution in [3.63, 3.8) is 0 Å². The summed E-state index contributed by atoms with van der Waals surface area (Å²) >= 11 is 4.75. The first-order valence-electron chi connectivity index (χ1n) is 2.96. The first-order chi connectivity index (χ1) is 5.77. The molecular formula is C5H3BrN4OS. The lowest BCUT2D eigenvalue weighted by molar-refractivity contribution is 0.432. The maximum atomic E-state index is 5.28. The molecule has 0 aromatic carbocycles. The van der Waals surface area contributed by atoms with Crippen LogP contribution in [0.4, 0.5) is 5.95 Å². The second-order valence-corrected chi connectivity index (χ2v) is 4.11. The lowest BCUT2D eigenvalue weighted by Crippen LogP contribution is -1.85. The molecule has 7 heteroatoms. The van der Waals surface area contributed by atoms with Gasteiger partial charge in [0, 0.05) is 0 Å². The average Bonchev–Trinajstić information content (AvgIpc) is 2.58. The molecule has 0 amide bonds. The Morgan fingerprint density at radius 1 is 1.58 bits per heavy atom. The molecule has 0 unspecified atom stereocenters. The Kier molecular flexibility index (Phi) is 1.81. The highest BCUT2D eigenvalue weighted by atomic mass is 79.9. The molecule has 0 aliphatic carbocycles. The van der Waals surface area contributed by atoms with Gasteiger partial charge in [0.15, 0.2) is 5.69 Å². The number of nitrogens with zero attached hydrogens (tertiary/aromatic N) is 3. The standard InChI is InChI=1S/C5H3BrN4OS/c6-3-2(8-1-12-3)4-9-5(7)10-11-4/h1H,(H2,7,10). The van der Waals surface area contributed by atoms with E-state index in [0.717, 1.165) is 3.79 Å². The zero-order valence-corrected chi connectivity index (χ0v) is 8.09. The van der Waals surface area contributed by atoms with E-state index in [1.54, 1.807) is 5.51 Å². The molecule has 2 N–H and O–H groups in total. The Labute approximate surface area is 79.7 Å². The van der Waals surface area contributed by atoms with Crippen LogP contribution < -0.4 is 5.73 Å². The normalized spacial score (nSPS) is 10.4. The lowest BCUT2D eigenvalue weighted by Gasteiger charge is -1.84. The summed E-state index contributed by atoms with van der Waals surface area (Å²) in [5, 5.41) is 3.45. The maximum Gasteiger partial charge on any atom is 0.280 e. The second kappa shape index (κ2) is 2.83. The zero-order valence-electron chi connectivity index (χ0n) is 5.69. The van der Waals surface area contributed by atoms with E-state index in [-0.39, 0.29) is 5.95 Å².